The lowest BCUT2D eigenvalue weighted by molar-refractivity contribution is -0.138. The Morgan fingerprint density at radius 3 is 2.39 bits per heavy atom. The van der Waals surface area contributed by atoms with Gasteiger partial charge in [-0.2, -0.15) is 0 Å². The summed E-state index contributed by atoms with van der Waals surface area (Å²) in [4.78, 5) is 38.2. The first-order valence-electron chi connectivity index (χ1n) is 10.6. The molecule has 0 saturated carbocycles. The maximum atomic E-state index is 13.1. The fourth-order valence-electron chi connectivity index (χ4n) is 4.60. The lowest BCUT2D eigenvalue weighted by Crippen LogP contribution is -2.54. The fourth-order valence-corrected chi connectivity index (χ4v) is 4.60. The van der Waals surface area contributed by atoms with Crippen molar-refractivity contribution in [2.24, 2.45) is 5.92 Å². The fraction of sp³-hybridized carbons (Fsp3) is 0.667. The van der Waals surface area contributed by atoms with E-state index in [9.17, 15) is 9.59 Å². The summed E-state index contributed by atoms with van der Waals surface area (Å²) in [6.07, 6.45) is 7.74. The third kappa shape index (κ3) is 4.46. The van der Waals surface area contributed by atoms with E-state index in [1.165, 1.54) is 5.56 Å². The van der Waals surface area contributed by atoms with Gasteiger partial charge in [0.2, 0.25) is 5.91 Å². The summed E-state index contributed by atoms with van der Waals surface area (Å²) in [5.74, 6) is 0.199. The van der Waals surface area contributed by atoms with Gasteiger partial charge in [0.15, 0.2) is 0 Å². The summed E-state index contributed by atoms with van der Waals surface area (Å²) in [5, 5.41) is 0. The maximum absolute atomic E-state index is 13.1. The zero-order chi connectivity index (χ0) is 19.3. The molecule has 0 aliphatic carbocycles. The number of amides is 3. The molecule has 152 valence electrons. The van der Waals surface area contributed by atoms with Crippen molar-refractivity contribution in [3.63, 3.8) is 0 Å². The van der Waals surface area contributed by atoms with Crippen molar-refractivity contribution in [2.75, 3.05) is 52.4 Å². The molecule has 0 N–H and O–H groups in total. The van der Waals surface area contributed by atoms with E-state index in [4.69, 9.17) is 0 Å². The summed E-state index contributed by atoms with van der Waals surface area (Å²) in [7, 11) is 0. The van der Waals surface area contributed by atoms with E-state index in [0.717, 1.165) is 78.0 Å². The van der Waals surface area contributed by atoms with Crippen LogP contribution in [0, 0.1) is 5.92 Å². The molecule has 3 saturated heterocycles. The van der Waals surface area contributed by atoms with Crippen LogP contribution in [0.3, 0.4) is 0 Å². The zero-order valence-corrected chi connectivity index (χ0v) is 16.6. The minimum absolute atomic E-state index is 0.0369. The maximum Gasteiger partial charge on any atom is 0.320 e. The molecule has 7 nitrogen and oxygen atoms in total. The molecule has 4 heterocycles. The predicted molar refractivity (Wildman–Crippen MR) is 107 cm³/mol. The van der Waals surface area contributed by atoms with Crippen molar-refractivity contribution in [1.29, 1.82) is 0 Å². The summed E-state index contributed by atoms with van der Waals surface area (Å²) in [6, 6.07) is 4.20. The first-order chi connectivity index (χ1) is 13.7. The first kappa shape index (κ1) is 19.2. The molecule has 1 atom stereocenters. The van der Waals surface area contributed by atoms with Gasteiger partial charge in [-0.05, 0) is 37.3 Å². The van der Waals surface area contributed by atoms with Crippen molar-refractivity contribution < 1.29 is 9.59 Å². The predicted octanol–water partition coefficient (Wildman–Crippen LogP) is 1.65. The SMILES string of the molecule is O=C([C@H]1CCCN(C(=O)N2CCCC2)C1)N1CCN(Cc2cccnc2)CC1. The highest BCUT2D eigenvalue weighted by molar-refractivity contribution is 5.81. The van der Waals surface area contributed by atoms with Gasteiger partial charge in [-0.15, -0.1) is 0 Å². The van der Waals surface area contributed by atoms with E-state index >= 15 is 0 Å². The number of nitrogens with zero attached hydrogens (tertiary/aromatic N) is 5. The van der Waals surface area contributed by atoms with Crippen LogP contribution in [-0.2, 0) is 11.3 Å². The molecule has 3 aliphatic heterocycles. The average Bonchev–Trinajstić information content (AvgIpc) is 3.29. The molecule has 0 unspecified atom stereocenters. The zero-order valence-electron chi connectivity index (χ0n) is 16.6. The quantitative estimate of drug-likeness (QED) is 0.794. The van der Waals surface area contributed by atoms with Crippen LogP contribution in [0.25, 0.3) is 0 Å². The Kier molecular flexibility index (Phi) is 6.10. The number of carbonyl (C=O) groups excluding carboxylic acids is 2. The third-order valence-corrected chi connectivity index (χ3v) is 6.23. The van der Waals surface area contributed by atoms with Gasteiger partial charge in [0.1, 0.15) is 0 Å². The Labute approximate surface area is 167 Å². The largest absolute Gasteiger partial charge is 0.340 e. The lowest BCUT2D eigenvalue weighted by atomic mass is 9.96. The lowest BCUT2D eigenvalue weighted by Gasteiger charge is -2.39. The van der Waals surface area contributed by atoms with E-state index in [-0.39, 0.29) is 17.9 Å². The Balaban J connectivity index is 1.27. The molecule has 4 rings (SSSR count). The molecular weight excluding hydrogens is 354 g/mol. The van der Waals surface area contributed by atoms with Crippen LogP contribution in [0.5, 0.6) is 0 Å². The highest BCUT2D eigenvalue weighted by Gasteiger charge is 2.34. The van der Waals surface area contributed by atoms with Crippen LogP contribution in [0.15, 0.2) is 24.5 Å². The average molecular weight is 386 g/mol. The first-order valence-corrected chi connectivity index (χ1v) is 10.6. The summed E-state index contributed by atoms with van der Waals surface area (Å²) in [6.45, 7) is 7.33. The van der Waals surface area contributed by atoms with E-state index in [1.807, 2.05) is 27.0 Å². The van der Waals surface area contributed by atoms with Gasteiger partial charge in [0.25, 0.3) is 0 Å². The number of piperidine rings is 1. The van der Waals surface area contributed by atoms with E-state index in [1.54, 1.807) is 6.20 Å². The number of aromatic nitrogens is 1. The summed E-state index contributed by atoms with van der Waals surface area (Å²) in [5.41, 5.74) is 1.21. The molecule has 1 aromatic rings. The van der Waals surface area contributed by atoms with E-state index in [0.29, 0.717) is 6.54 Å². The van der Waals surface area contributed by atoms with Crippen molar-refractivity contribution in [3.8, 4) is 0 Å². The molecule has 3 amide bonds. The second-order valence-electron chi connectivity index (χ2n) is 8.22. The molecule has 28 heavy (non-hydrogen) atoms. The van der Waals surface area contributed by atoms with Crippen LogP contribution < -0.4 is 0 Å². The van der Waals surface area contributed by atoms with Gasteiger partial charge in [0, 0.05) is 71.3 Å². The van der Waals surface area contributed by atoms with Gasteiger partial charge in [0.05, 0.1) is 5.92 Å². The van der Waals surface area contributed by atoms with Crippen LogP contribution in [0.1, 0.15) is 31.2 Å². The van der Waals surface area contributed by atoms with Gasteiger partial charge in [-0.3, -0.25) is 14.7 Å². The van der Waals surface area contributed by atoms with E-state index in [2.05, 4.69) is 16.0 Å². The van der Waals surface area contributed by atoms with Crippen LogP contribution in [-0.4, -0.2) is 88.9 Å². The topological polar surface area (TPSA) is 60.0 Å². The van der Waals surface area contributed by atoms with Crippen molar-refractivity contribution in [2.45, 2.75) is 32.2 Å². The molecule has 0 aromatic carbocycles. The molecule has 0 spiro atoms. The number of likely N-dealkylation sites (tertiary alicyclic amines) is 2. The van der Waals surface area contributed by atoms with Gasteiger partial charge >= 0.3 is 6.03 Å². The number of pyridine rings is 1. The Morgan fingerprint density at radius 2 is 1.68 bits per heavy atom. The highest BCUT2D eigenvalue weighted by Crippen LogP contribution is 2.22. The second kappa shape index (κ2) is 8.90. The van der Waals surface area contributed by atoms with E-state index < -0.39 is 0 Å². The number of hydrogen-bond acceptors (Lipinski definition) is 4. The number of urea groups is 1. The van der Waals surface area contributed by atoms with Gasteiger partial charge in [-0.25, -0.2) is 4.79 Å². The summed E-state index contributed by atoms with van der Waals surface area (Å²) < 4.78 is 0. The van der Waals surface area contributed by atoms with Crippen molar-refractivity contribution >= 4 is 11.9 Å². The van der Waals surface area contributed by atoms with Crippen molar-refractivity contribution in [3.05, 3.63) is 30.1 Å². The Morgan fingerprint density at radius 1 is 0.929 bits per heavy atom. The molecule has 3 aliphatic rings. The smallest absolute Gasteiger partial charge is 0.320 e. The minimum Gasteiger partial charge on any atom is -0.340 e. The minimum atomic E-state index is -0.0369. The van der Waals surface area contributed by atoms with Crippen LogP contribution in [0.4, 0.5) is 4.79 Å². The Bertz CT molecular complexity index is 669. The standard InChI is InChI=1S/C21H31N5O2/c27-20(19-6-4-10-26(17-19)21(28)25-8-1-2-9-25)24-13-11-23(12-14-24)16-18-5-3-7-22-15-18/h3,5,7,15,19H,1-2,4,6,8-14,16-17H2/t19-/m0/s1. The number of hydrogen-bond donors (Lipinski definition) is 0. The molecule has 0 bridgehead atoms. The second-order valence-corrected chi connectivity index (χ2v) is 8.22. The normalized spacial score (nSPS) is 23.9. The highest BCUT2D eigenvalue weighted by atomic mass is 16.2. The van der Waals surface area contributed by atoms with Crippen LogP contribution in [0.2, 0.25) is 0 Å². The molecule has 1 aromatic heterocycles. The molecule has 7 heteroatoms. The molecule has 3 fully saturated rings. The molecule has 0 radical (unpaired) electrons. The number of carbonyl (C=O) groups is 2. The number of rotatable bonds is 3. The molecular formula is C21H31N5O2. The van der Waals surface area contributed by atoms with Gasteiger partial charge in [-0.1, -0.05) is 6.07 Å². The summed E-state index contributed by atoms with van der Waals surface area (Å²) >= 11 is 0. The Hall–Kier alpha value is -2.15. The monoisotopic (exact) mass is 385 g/mol. The third-order valence-electron chi connectivity index (χ3n) is 6.23. The van der Waals surface area contributed by atoms with Crippen molar-refractivity contribution in [1.82, 2.24) is 24.6 Å². The number of piperazine rings is 1. The van der Waals surface area contributed by atoms with Gasteiger partial charge < -0.3 is 14.7 Å². The van der Waals surface area contributed by atoms with Crippen LogP contribution >= 0.6 is 0 Å².